The Kier molecular flexibility index (Phi) is 52.2. The van der Waals surface area contributed by atoms with Gasteiger partial charge in [-0.3, -0.25) is 9.59 Å². The molecule has 1 atom stereocenters. The maximum Gasteiger partial charge on any atom is 0.306 e. The summed E-state index contributed by atoms with van der Waals surface area (Å²) in [6, 6.07) is 0. The van der Waals surface area contributed by atoms with Crippen LogP contribution in [0.5, 0.6) is 0 Å². The molecular formula is C63H94O5. The highest BCUT2D eigenvalue weighted by Gasteiger charge is 2.17. The van der Waals surface area contributed by atoms with Crippen molar-refractivity contribution in [2.75, 3.05) is 19.8 Å². The SMILES string of the molecule is CC/C=C\C/C=C\C/C=C\C/C=C\C/C=C\C/C=C\CCC(=O)OCC(COCCCCCC/C=C\C/C=C\C/C=C\CC)OC(=O)CC/C=C\C/C=C\C/C=C\C/C=C\C/C=C\C/C=C\CC. The van der Waals surface area contributed by atoms with Gasteiger partial charge in [-0.1, -0.05) is 216 Å². The summed E-state index contributed by atoms with van der Waals surface area (Å²) in [5.74, 6) is -0.623. The van der Waals surface area contributed by atoms with E-state index in [0.717, 1.165) is 128 Å². The van der Waals surface area contributed by atoms with Crippen molar-refractivity contribution in [3.05, 3.63) is 182 Å². The first-order valence-corrected chi connectivity index (χ1v) is 26.3. The lowest BCUT2D eigenvalue weighted by molar-refractivity contribution is -0.162. The lowest BCUT2D eigenvalue weighted by Crippen LogP contribution is -2.30. The third-order valence-corrected chi connectivity index (χ3v) is 9.94. The molecule has 0 bridgehead atoms. The van der Waals surface area contributed by atoms with Crippen molar-refractivity contribution in [2.45, 2.75) is 181 Å². The van der Waals surface area contributed by atoms with Crippen molar-refractivity contribution in [3.63, 3.8) is 0 Å². The van der Waals surface area contributed by atoms with E-state index in [4.69, 9.17) is 14.2 Å². The van der Waals surface area contributed by atoms with Crippen molar-refractivity contribution in [2.24, 2.45) is 0 Å². The zero-order valence-electron chi connectivity index (χ0n) is 43.0. The second kappa shape index (κ2) is 56.3. The quantitative estimate of drug-likeness (QED) is 0.0346. The topological polar surface area (TPSA) is 61.8 Å². The highest BCUT2D eigenvalue weighted by atomic mass is 16.6. The minimum atomic E-state index is -0.635. The van der Waals surface area contributed by atoms with Gasteiger partial charge in [0, 0.05) is 19.4 Å². The van der Waals surface area contributed by atoms with Crippen LogP contribution in [0.4, 0.5) is 0 Å². The molecule has 0 fully saturated rings. The van der Waals surface area contributed by atoms with Gasteiger partial charge in [-0.05, 0) is 128 Å². The normalized spacial score (nSPS) is 13.8. The number of allylic oxidation sites excluding steroid dienone is 30. The molecule has 376 valence electrons. The molecule has 0 aromatic rings. The number of hydrogen-bond acceptors (Lipinski definition) is 5. The number of carbonyl (C=O) groups excluding carboxylic acids is 2. The minimum Gasteiger partial charge on any atom is -0.462 e. The van der Waals surface area contributed by atoms with Gasteiger partial charge in [0.2, 0.25) is 0 Å². The van der Waals surface area contributed by atoms with Crippen LogP contribution in [0.3, 0.4) is 0 Å². The van der Waals surface area contributed by atoms with Crippen LogP contribution in [0.25, 0.3) is 0 Å². The van der Waals surface area contributed by atoms with Crippen LogP contribution < -0.4 is 0 Å². The Hall–Kier alpha value is -5.00. The zero-order valence-corrected chi connectivity index (χ0v) is 43.0. The van der Waals surface area contributed by atoms with Crippen molar-refractivity contribution in [1.82, 2.24) is 0 Å². The average Bonchev–Trinajstić information content (AvgIpc) is 3.34. The molecule has 0 spiro atoms. The molecule has 0 aliphatic heterocycles. The molecule has 0 saturated carbocycles. The number of ether oxygens (including phenoxy) is 3. The summed E-state index contributed by atoms with van der Waals surface area (Å²) in [5, 5.41) is 0. The summed E-state index contributed by atoms with van der Waals surface area (Å²) >= 11 is 0. The lowest BCUT2D eigenvalue weighted by Gasteiger charge is -2.18. The smallest absolute Gasteiger partial charge is 0.306 e. The van der Waals surface area contributed by atoms with Crippen molar-refractivity contribution < 1.29 is 23.8 Å². The Morgan fingerprint density at radius 2 is 0.618 bits per heavy atom. The second-order valence-electron chi connectivity index (χ2n) is 16.3. The van der Waals surface area contributed by atoms with E-state index < -0.39 is 6.10 Å². The Morgan fingerprint density at radius 1 is 0.324 bits per heavy atom. The van der Waals surface area contributed by atoms with E-state index in [1.165, 1.54) is 0 Å². The summed E-state index contributed by atoms with van der Waals surface area (Å²) in [6.45, 7) is 7.23. The Labute approximate surface area is 417 Å². The molecule has 0 N–H and O–H groups in total. The molecule has 0 radical (unpaired) electrons. The van der Waals surface area contributed by atoms with Gasteiger partial charge in [0.1, 0.15) is 6.61 Å². The summed E-state index contributed by atoms with van der Waals surface area (Å²) in [7, 11) is 0. The number of carbonyl (C=O) groups is 2. The summed E-state index contributed by atoms with van der Waals surface area (Å²) in [6.07, 6.45) is 86.4. The number of esters is 2. The predicted octanol–water partition coefficient (Wildman–Crippen LogP) is 18.2. The second-order valence-corrected chi connectivity index (χ2v) is 16.3. The number of unbranched alkanes of at least 4 members (excludes halogenated alkanes) is 4. The number of rotatable bonds is 45. The maximum absolute atomic E-state index is 12.8. The van der Waals surface area contributed by atoms with E-state index in [1.807, 2.05) is 12.2 Å². The van der Waals surface area contributed by atoms with Gasteiger partial charge in [-0.2, -0.15) is 0 Å². The van der Waals surface area contributed by atoms with E-state index in [1.54, 1.807) is 0 Å². The van der Waals surface area contributed by atoms with Crippen molar-refractivity contribution in [3.8, 4) is 0 Å². The molecule has 0 rings (SSSR count). The zero-order chi connectivity index (χ0) is 49.2. The van der Waals surface area contributed by atoms with Crippen LogP contribution >= 0.6 is 0 Å². The first-order valence-electron chi connectivity index (χ1n) is 26.3. The molecule has 5 heteroatoms. The molecule has 0 heterocycles. The standard InChI is InChI=1S/C63H94O5/c1-4-7-10-13-16-19-22-25-28-30-32-34-36-38-41-44-47-50-53-56-62(64)67-60-61(59-66-58-55-52-49-46-43-40-27-24-21-18-15-12-9-6-3)68-63(65)57-54-51-48-45-42-39-37-35-33-31-29-26-23-20-17-14-11-8-5-2/h7-12,16-21,25-29,32-35,38-42,47-48,50-51,61H,4-6,13-15,22-24,30-31,36-37,43-46,49,52-60H2,1-3H3/b10-7-,11-8-,12-9-,19-16-,20-17-,21-18-,28-25-,29-26-,34-32-,35-33-,40-27-,41-38-,42-39-,50-47-,51-48-. The highest BCUT2D eigenvalue weighted by Crippen LogP contribution is 2.08. The molecule has 1 unspecified atom stereocenters. The Bertz CT molecular complexity index is 1620. The third kappa shape index (κ3) is 53.6. The van der Waals surface area contributed by atoms with Gasteiger partial charge < -0.3 is 14.2 Å². The first-order chi connectivity index (χ1) is 33.6. The summed E-state index contributed by atoms with van der Waals surface area (Å²) in [5.41, 5.74) is 0. The Morgan fingerprint density at radius 3 is 0.971 bits per heavy atom. The highest BCUT2D eigenvalue weighted by molar-refractivity contribution is 5.70. The summed E-state index contributed by atoms with van der Waals surface area (Å²) in [4.78, 5) is 25.4. The van der Waals surface area contributed by atoms with Crippen molar-refractivity contribution in [1.29, 1.82) is 0 Å². The van der Waals surface area contributed by atoms with E-state index in [2.05, 4.69) is 191 Å². The molecule has 0 amide bonds. The molecule has 0 aromatic carbocycles. The molecule has 5 nitrogen and oxygen atoms in total. The monoisotopic (exact) mass is 931 g/mol. The average molecular weight is 931 g/mol. The first kappa shape index (κ1) is 63.0. The molecular weight excluding hydrogens is 837 g/mol. The van der Waals surface area contributed by atoms with Gasteiger partial charge in [0.15, 0.2) is 6.10 Å². The third-order valence-electron chi connectivity index (χ3n) is 9.94. The lowest BCUT2D eigenvalue weighted by atomic mass is 10.1. The minimum absolute atomic E-state index is 0.00873. The number of hydrogen-bond donors (Lipinski definition) is 0. The van der Waals surface area contributed by atoms with Gasteiger partial charge in [-0.25, -0.2) is 0 Å². The molecule has 0 saturated heterocycles. The maximum atomic E-state index is 12.8. The van der Waals surface area contributed by atoms with Crippen LogP contribution in [0.1, 0.15) is 175 Å². The van der Waals surface area contributed by atoms with Crippen LogP contribution in [-0.4, -0.2) is 37.9 Å². The fraction of sp³-hybridized carbons (Fsp3) is 0.492. The molecule has 0 aliphatic rings. The summed E-state index contributed by atoms with van der Waals surface area (Å²) < 4.78 is 17.2. The van der Waals surface area contributed by atoms with Gasteiger partial charge >= 0.3 is 11.9 Å². The van der Waals surface area contributed by atoms with Crippen LogP contribution in [0.2, 0.25) is 0 Å². The van der Waals surface area contributed by atoms with E-state index in [-0.39, 0.29) is 38.0 Å². The fourth-order valence-electron chi connectivity index (χ4n) is 6.16. The van der Waals surface area contributed by atoms with Crippen LogP contribution in [0, 0.1) is 0 Å². The predicted molar refractivity (Wildman–Crippen MR) is 297 cm³/mol. The molecule has 0 aromatic heterocycles. The van der Waals surface area contributed by atoms with Crippen LogP contribution in [-0.2, 0) is 23.8 Å². The van der Waals surface area contributed by atoms with Gasteiger partial charge in [0.25, 0.3) is 0 Å². The van der Waals surface area contributed by atoms with Gasteiger partial charge in [-0.15, -0.1) is 0 Å². The van der Waals surface area contributed by atoms with Crippen LogP contribution in [0.15, 0.2) is 182 Å². The molecule has 0 aliphatic carbocycles. The van der Waals surface area contributed by atoms with E-state index >= 15 is 0 Å². The van der Waals surface area contributed by atoms with Crippen molar-refractivity contribution >= 4 is 11.9 Å². The molecule has 68 heavy (non-hydrogen) atoms. The largest absolute Gasteiger partial charge is 0.462 e. The van der Waals surface area contributed by atoms with E-state index in [0.29, 0.717) is 19.4 Å². The fourth-order valence-corrected chi connectivity index (χ4v) is 6.16. The Balaban J connectivity index is 4.59. The van der Waals surface area contributed by atoms with E-state index in [9.17, 15) is 9.59 Å². The van der Waals surface area contributed by atoms with Gasteiger partial charge in [0.05, 0.1) is 6.61 Å².